The van der Waals surface area contributed by atoms with Crippen LogP contribution in [0.15, 0.2) is 6.33 Å². The van der Waals surface area contributed by atoms with Gasteiger partial charge in [0.25, 0.3) is 0 Å². The fraction of sp³-hybridized carbons (Fsp3) is 0.545. The summed E-state index contributed by atoms with van der Waals surface area (Å²) in [4.78, 5) is 12.6. The summed E-state index contributed by atoms with van der Waals surface area (Å²) in [5.41, 5.74) is 6.91. The molecular weight excluding hydrogens is 264 g/mol. The van der Waals surface area contributed by atoms with Crippen molar-refractivity contribution < 1.29 is 14.6 Å². The Morgan fingerprint density at radius 1 is 1.55 bits per heavy atom. The van der Waals surface area contributed by atoms with Crippen LogP contribution in [-0.4, -0.2) is 50.7 Å². The second-order valence-electron chi connectivity index (χ2n) is 4.32. The van der Waals surface area contributed by atoms with Gasteiger partial charge < -0.3 is 25.6 Å². The fourth-order valence-electron chi connectivity index (χ4n) is 2.12. The predicted molar refractivity (Wildman–Crippen MR) is 70.8 cm³/mol. The summed E-state index contributed by atoms with van der Waals surface area (Å²) in [6.07, 6.45) is 0.596. The molecule has 4 N–H and O–H groups in total. The quantitative estimate of drug-likeness (QED) is 0.698. The Labute approximate surface area is 114 Å². The Morgan fingerprint density at radius 2 is 2.40 bits per heavy atom. The van der Waals surface area contributed by atoms with E-state index in [0.717, 1.165) is 0 Å². The number of nitrogen functional groups attached to an aromatic ring is 1. The third-order valence-electron chi connectivity index (χ3n) is 2.98. The lowest BCUT2D eigenvalue weighted by molar-refractivity contribution is -0.0980. The number of anilines is 2. The molecule has 108 valence electrons. The van der Waals surface area contributed by atoms with Gasteiger partial charge in [0.1, 0.15) is 0 Å². The molecule has 20 heavy (non-hydrogen) atoms. The molecule has 0 spiro atoms. The second-order valence-corrected chi connectivity index (χ2v) is 4.32. The van der Waals surface area contributed by atoms with E-state index >= 15 is 0 Å². The van der Waals surface area contributed by atoms with Crippen molar-refractivity contribution in [1.82, 2.24) is 19.5 Å². The smallest absolute Gasteiger partial charge is 0.224 e. The monoisotopic (exact) mass is 280 g/mol. The first-order valence-corrected chi connectivity index (χ1v) is 6.34. The van der Waals surface area contributed by atoms with Crippen LogP contribution in [0.25, 0.3) is 11.2 Å². The number of hydrogen-bond acceptors (Lipinski definition) is 8. The van der Waals surface area contributed by atoms with Gasteiger partial charge in [-0.25, -0.2) is 4.98 Å². The molecule has 0 unspecified atom stereocenters. The average molecular weight is 280 g/mol. The van der Waals surface area contributed by atoms with Gasteiger partial charge in [0.05, 0.1) is 19.5 Å². The van der Waals surface area contributed by atoms with Crippen molar-refractivity contribution in [3.63, 3.8) is 0 Å². The lowest BCUT2D eigenvalue weighted by Gasteiger charge is -2.12. The number of fused-ring (bicyclic) bond motifs is 1. The topological polar surface area (TPSA) is 120 Å². The van der Waals surface area contributed by atoms with Crippen LogP contribution in [-0.2, 0) is 9.47 Å². The maximum atomic E-state index is 9.02. The van der Waals surface area contributed by atoms with Crippen molar-refractivity contribution in [2.75, 3.05) is 30.8 Å². The van der Waals surface area contributed by atoms with E-state index in [1.807, 2.05) is 6.92 Å². The number of nitrogens with zero attached hydrogens (tertiary/aromatic N) is 4. The number of aromatic nitrogens is 4. The van der Waals surface area contributed by atoms with Crippen molar-refractivity contribution in [1.29, 1.82) is 0 Å². The molecule has 1 fully saturated rings. The minimum Gasteiger partial charge on any atom is -0.391 e. The molecule has 0 saturated carbocycles. The first-order chi connectivity index (χ1) is 9.72. The first-order valence-electron chi connectivity index (χ1n) is 6.34. The largest absolute Gasteiger partial charge is 0.391 e. The van der Waals surface area contributed by atoms with Crippen molar-refractivity contribution in [2.45, 2.75) is 19.4 Å². The van der Waals surface area contributed by atoms with Gasteiger partial charge >= 0.3 is 0 Å². The molecule has 2 atom stereocenters. The number of imidazole rings is 1. The lowest BCUT2D eigenvalue weighted by Crippen LogP contribution is -2.15. The van der Waals surface area contributed by atoms with Crippen LogP contribution in [0.4, 0.5) is 11.8 Å². The molecular formula is C11H16N6O3. The Balaban J connectivity index is 2.00. The fourth-order valence-corrected chi connectivity index (χ4v) is 2.12. The van der Waals surface area contributed by atoms with E-state index in [1.165, 1.54) is 0 Å². The summed E-state index contributed by atoms with van der Waals surface area (Å²) in [5, 5.41) is 12.1. The van der Waals surface area contributed by atoms with E-state index in [9.17, 15) is 0 Å². The standard InChI is InChI=1S/C11H16N6O3/c1-2-13-9-8-10(16-11(12)15-9)17(5-14-8)6-4-19-7(3-18)20-6/h5-7,18H,2-4H2,1H3,(H3,12,13,15,16)/t6-,7-/m1/s1. The summed E-state index contributed by atoms with van der Waals surface area (Å²) >= 11 is 0. The minimum absolute atomic E-state index is 0.160. The number of aliphatic hydroxyl groups excluding tert-OH is 1. The van der Waals surface area contributed by atoms with Crippen LogP contribution in [0, 0.1) is 0 Å². The Morgan fingerprint density at radius 3 is 3.10 bits per heavy atom. The van der Waals surface area contributed by atoms with Gasteiger partial charge in [-0.15, -0.1) is 0 Å². The molecule has 0 bridgehead atoms. The number of hydrogen-bond donors (Lipinski definition) is 3. The van der Waals surface area contributed by atoms with Gasteiger partial charge in [-0.05, 0) is 6.92 Å². The van der Waals surface area contributed by atoms with E-state index in [-0.39, 0.29) is 18.8 Å². The molecule has 9 heteroatoms. The Bertz CT molecular complexity index is 615. The molecule has 2 aromatic rings. The zero-order valence-electron chi connectivity index (χ0n) is 11.0. The highest BCUT2D eigenvalue weighted by molar-refractivity contribution is 5.84. The van der Waals surface area contributed by atoms with E-state index in [1.54, 1.807) is 10.9 Å². The zero-order valence-corrected chi connectivity index (χ0v) is 11.0. The normalized spacial score (nSPS) is 22.5. The number of nitrogens with one attached hydrogen (secondary N) is 1. The number of nitrogens with two attached hydrogens (primary N) is 1. The van der Waals surface area contributed by atoms with Gasteiger partial charge in [-0.3, -0.25) is 4.57 Å². The van der Waals surface area contributed by atoms with Crippen LogP contribution >= 0.6 is 0 Å². The average Bonchev–Trinajstić information content (AvgIpc) is 3.04. The minimum atomic E-state index is -0.620. The van der Waals surface area contributed by atoms with E-state index in [2.05, 4.69) is 20.3 Å². The molecule has 9 nitrogen and oxygen atoms in total. The zero-order chi connectivity index (χ0) is 14.1. The summed E-state index contributed by atoms with van der Waals surface area (Å²) in [5.74, 6) is 0.749. The maximum Gasteiger partial charge on any atom is 0.224 e. The van der Waals surface area contributed by atoms with Crippen LogP contribution in [0.2, 0.25) is 0 Å². The number of ether oxygens (including phenoxy) is 2. The van der Waals surface area contributed by atoms with Crippen molar-refractivity contribution in [3.8, 4) is 0 Å². The van der Waals surface area contributed by atoms with Gasteiger partial charge in [0.2, 0.25) is 5.95 Å². The molecule has 1 aliphatic heterocycles. The first kappa shape index (κ1) is 13.0. The summed E-state index contributed by atoms with van der Waals surface area (Å²) in [6.45, 7) is 2.79. The summed E-state index contributed by atoms with van der Waals surface area (Å²) in [6, 6.07) is 0. The predicted octanol–water partition coefficient (Wildman–Crippen LogP) is -0.296. The molecule has 0 amide bonds. The molecule has 1 saturated heterocycles. The van der Waals surface area contributed by atoms with Crippen LogP contribution in [0.1, 0.15) is 13.2 Å². The highest BCUT2D eigenvalue weighted by Crippen LogP contribution is 2.27. The summed E-state index contributed by atoms with van der Waals surface area (Å²) in [7, 11) is 0. The molecule has 0 radical (unpaired) electrons. The van der Waals surface area contributed by atoms with E-state index in [0.29, 0.717) is 30.1 Å². The lowest BCUT2D eigenvalue weighted by atomic mass is 10.4. The molecule has 0 aliphatic carbocycles. The number of aliphatic hydroxyl groups is 1. The summed E-state index contributed by atoms with van der Waals surface area (Å²) < 4.78 is 12.5. The highest BCUT2D eigenvalue weighted by atomic mass is 16.7. The third kappa shape index (κ3) is 2.15. The van der Waals surface area contributed by atoms with Crippen molar-refractivity contribution in [3.05, 3.63) is 6.33 Å². The van der Waals surface area contributed by atoms with E-state index in [4.69, 9.17) is 20.3 Å². The molecule has 3 heterocycles. The van der Waals surface area contributed by atoms with Crippen LogP contribution in [0.5, 0.6) is 0 Å². The Hall–Kier alpha value is -1.97. The van der Waals surface area contributed by atoms with Gasteiger partial charge in [-0.2, -0.15) is 9.97 Å². The SMILES string of the molecule is CCNc1nc(N)nc2c1ncn2[C@H]1CO[C@@H](CO)O1. The molecule has 2 aromatic heterocycles. The molecule has 3 rings (SSSR count). The molecule has 0 aromatic carbocycles. The highest BCUT2D eigenvalue weighted by Gasteiger charge is 2.28. The Kier molecular flexibility index (Phi) is 3.38. The van der Waals surface area contributed by atoms with Crippen molar-refractivity contribution >= 4 is 22.9 Å². The number of rotatable bonds is 4. The van der Waals surface area contributed by atoms with E-state index < -0.39 is 6.29 Å². The maximum absolute atomic E-state index is 9.02. The van der Waals surface area contributed by atoms with Gasteiger partial charge in [0, 0.05) is 6.54 Å². The van der Waals surface area contributed by atoms with Crippen LogP contribution in [0.3, 0.4) is 0 Å². The van der Waals surface area contributed by atoms with Gasteiger partial charge in [-0.1, -0.05) is 0 Å². The van der Waals surface area contributed by atoms with Crippen LogP contribution < -0.4 is 11.1 Å². The second kappa shape index (κ2) is 5.19. The third-order valence-corrected chi connectivity index (χ3v) is 2.98. The van der Waals surface area contributed by atoms with Gasteiger partial charge in [0.15, 0.2) is 29.5 Å². The van der Waals surface area contributed by atoms with Crippen molar-refractivity contribution in [2.24, 2.45) is 0 Å². The molecule has 1 aliphatic rings.